The molecule has 3 aromatic rings. The highest BCUT2D eigenvalue weighted by Gasteiger charge is 2.18. The fourth-order valence-electron chi connectivity index (χ4n) is 3.95. The van der Waals surface area contributed by atoms with Crippen LogP contribution in [0.5, 0.6) is 17.2 Å². The van der Waals surface area contributed by atoms with Crippen LogP contribution >= 0.6 is 0 Å². The maximum absolute atomic E-state index is 14.4. The quantitative estimate of drug-likeness (QED) is 0.133. The van der Waals surface area contributed by atoms with Gasteiger partial charge in [0.15, 0.2) is 11.6 Å². The van der Waals surface area contributed by atoms with Gasteiger partial charge in [0.2, 0.25) is 0 Å². The van der Waals surface area contributed by atoms with Crippen molar-refractivity contribution in [3.05, 3.63) is 77.1 Å². The third-order valence-electron chi connectivity index (χ3n) is 6.24. The lowest BCUT2D eigenvalue weighted by atomic mass is 10.1. The van der Waals surface area contributed by atoms with E-state index >= 15 is 0 Å². The van der Waals surface area contributed by atoms with Gasteiger partial charge in [0.05, 0.1) is 36.8 Å². The minimum absolute atomic E-state index is 0.0247. The van der Waals surface area contributed by atoms with Gasteiger partial charge in [0.1, 0.15) is 18.1 Å². The van der Waals surface area contributed by atoms with Crippen LogP contribution in [-0.4, -0.2) is 55.9 Å². The second-order valence-corrected chi connectivity index (χ2v) is 12.0. The summed E-state index contributed by atoms with van der Waals surface area (Å²) in [6, 6.07) is 12.6. The predicted molar refractivity (Wildman–Crippen MR) is 174 cm³/mol. The maximum Gasteiger partial charge on any atom is 0.335 e. The number of rotatable bonds is 17. The number of carboxylic acids is 1. The van der Waals surface area contributed by atoms with Crippen LogP contribution in [0.1, 0.15) is 72.6 Å². The summed E-state index contributed by atoms with van der Waals surface area (Å²) in [4.78, 5) is 38.0. The Kier molecular flexibility index (Phi) is 13.4. The molecule has 248 valence electrons. The molecule has 0 atom stereocenters. The number of carbonyl (C=O) groups is 3. The van der Waals surface area contributed by atoms with Crippen molar-refractivity contribution in [1.82, 2.24) is 0 Å². The maximum atomic E-state index is 14.4. The van der Waals surface area contributed by atoms with E-state index in [0.29, 0.717) is 37.1 Å². The van der Waals surface area contributed by atoms with Crippen LogP contribution in [-0.2, 0) is 4.74 Å². The second kappa shape index (κ2) is 17.2. The zero-order valence-electron chi connectivity index (χ0n) is 27.1. The van der Waals surface area contributed by atoms with Crippen molar-refractivity contribution < 1.29 is 42.8 Å². The predicted octanol–water partition coefficient (Wildman–Crippen LogP) is 7.15. The normalized spacial score (nSPS) is 11.1. The Hall–Kier alpha value is -4.64. The Labute approximate surface area is 269 Å². The lowest BCUT2D eigenvalue weighted by Gasteiger charge is -2.17. The summed E-state index contributed by atoms with van der Waals surface area (Å²) in [6.45, 7) is 13.5. The van der Waals surface area contributed by atoms with Gasteiger partial charge in [-0.1, -0.05) is 41.5 Å². The molecule has 0 fully saturated rings. The number of carbonyl (C=O) groups excluding carboxylic acids is 2. The SMILES string of the molecule is CC(C)COCCOc1cc(C(=O)Nc2ccc(C(=O)Nc3ccc(C(=O)O)cc3OCC(C)C)cc2OCC(C)C)ccc1F. The number of carboxylic acid groups (broad SMARTS) is 1. The van der Waals surface area contributed by atoms with Crippen LogP contribution in [0.3, 0.4) is 0 Å². The zero-order chi connectivity index (χ0) is 33.8. The third kappa shape index (κ3) is 11.1. The lowest BCUT2D eigenvalue weighted by Crippen LogP contribution is -2.17. The lowest BCUT2D eigenvalue weighted by molar-refractivity contribution is 0.0696. The molecule has 0 bridgehead atoms. The van der Waals surface area contributed by atoms with Gasteiger partial charge in [0, 0.05) is 17.7 Å². The van der Waals surface area contributed by atoms with Crippen molar-refractivity contribution in [2.45, 2.75) is 41.5 Å². The fraction of sp³-hybridized carbons (Fsp3) is 0.400. The molecule has 0 saturated carbocycles. The number of aromatic carboxylic acids is 1. The third-order valence-corrected chi connectivity index (χ3v) is 6.24. The number of anilines is 2. The fourth-order valence-corrected chi connectivity index (χ4v) is 3.95. The molecule has 3 aromatic carbocycles. The summed E-state index contributed by atoms with van der Waals surface area (Å²) in [5.74, 6) is -1.65. The molecule has 3 rings (SSSR count). The zero-order valence-corrected chi connectivity index (χ0v) is 27.1. The summed E-state index contributed by atoms with van der Waals surface area (Å²) in [5.41, 5.74) is 1.03. The molecule has 0 heterocycles. The minimum atomic E-state index is -1.12. The van der Waals surface area contributed by atoms with Crippen LogP contribution in [0.25, 0.3) is 0 Å². The van der Waals surface area contributed by atoms with E-state index in [1.54, 1.807) is 6.07 Å². The first kappa shape index (κ1) is 35.8. The molecule has 0 radical (unpaired) electrons. The molecule has 0 aliphatic carbocycles. The van der Waals surface area contributed by atoms with Gasteiger partial charge in [-0.2, -0.15) is 0 Å². The highest BCUT2D eigenvalue weighted by molar-refractivity contribution is 6.08. The van der Waals surface area contributed by atoms with Crippen LogP contribution in [0, 0.1) is 23.6 Å². The molecule has 3 N–H and O–H groups in total. The monoisotopic (exact) mass is 638 g/mol. The highest BCUT2D eigenvalue weighted by atomic mass is 19.1. The molecular formula is C35H43FN2O8. The topological polar surface area (TPSA) is 132 Å². The van der Waals surface area contributed by atoms with Crippen molar-refractivity contribution in [3.8, 4) is 17.2 Å². The summed E-state index contributed by atoms with van der Waals surface area (Å²) in [7, 11) is 0. The van der Waals surface area contributed by atoms with Gasteiger partial charge in [-0.25, -0.2) is 9.18 Å². The molecule has 0 aromatic heterocycles. The Morgan fingerprint density at radius 3 is 1.59 bits per heavy atom. The van der Waals surface area contributed by atoms with Crippen LogP contribution in [0.4, 0.5) is 15.8 Å². The van der Waals surface area contributed by atoms with Gasteiger partial charge < -0.3 is 34.7 Å². The second-order valence-electron chi connectivity index (χ2n) is 12.0. The Bertz CT molecular complexity index is 1510. The van der Waals surface area contributed by atoms with Crippen molar-refractivity contribution in [3.63, 3.8) is 0 Å². The van der Waals surface area contributed by atoms with Gasteiger partial charge in [-0.3, -0.25) is 9.59 Å². The van der Waals surface area contributed by atoms with Crippen LogP contribution < -0.4 is 24.8 Å². The van der Waals surface area contributed by atoms with E-state index in [1.807, 2.05) is 41.5 Å². The molecular weight excluding hydrogens is 595 g/mol. The highest BCUT2D eigenvalue weighted by Crippen LogP contribution is 2.31. The van der Waals surface area contributed by atoms with Crippen molar-refractivity contribution >= 4 is 29.2 Å². The van der Waals surface area contributed by atoms with Gasteiger partial charge >= 0.3 is 5.97 Å². The molecule has 0 aliphatic rings. The molecule has 0 spiro atoms. The van der Waals surface area contributed by atoms with E-state index in [4.69, 9.17) is 18.9 Å². The number of ether oxygens (including phenoxy) is 4. The number of hydrogen-bond acceptors (Lipinski definition) is 7. The number of nitrogens with one attached hydrogen (secondary N) is 2. The van der Waals surface area contributed by atoms with E-state index in [2.05, 4.69) is 10.6 Å². The molecule has 0 unspecified atom stereocenters. The minimum Gasteiger partial charge on any atom is -0.491 e. The van der Waals surface area contributed by atoms with E-state index < -0.39 is 23.6 Å². The van der Waals surface area contributed by atoms with Gasteiger partial charge in [-0.15, -0.1) is 0 Å². The summed E-state index contributed by atoms with van der Waals surface area (Å²) >= 11 is 0. The van der Waals surface area contributed by atoms with Crippen LogP contribution in [0.15, 0.2) is 54.6 Å². The average Bonchev–Trinajstić information content (AvgIpc) is 3.00. The number of benzene rings is 3. The number of halogens is 1. The molecule has 2 amide bonds. The molecule has 10 nitrogen and oxygen atoms in total. The van der Waals surface area contributed by atoms with Crippen molar-refractivity contribution in [2.75, 3.05) is 43.7 Å². The van der Waals surface area contributed by atoms with E-state index in [9.17, 15) is 23.9 Å². The van der Waals surface area contributed by atoms with Gasteiger partial charge in [0.25, 0.3) is 11.8 Å². The molecule has 11 heteroatoms. The Balaban J connectivity index is 1.80. The first-order chi connectivity index (χ1) is 21.8. The first-order valence-electron chi connectivity index (χ1n) is 15.2. The standard InChI is InChI=1S/C35H43FN2O8/c1-21(2)18-43-13-14-44-30-15-24(7-10-27(30)36)33(39)37-28-11-8-25(16-31(28)45-19-22(3)4)34(40)38-29-12-9-26(35(41)42)17-32(29)46-20-23(5)6/h7-12,15-17,21-23H,13-14,18-20H2,1-6H3,(H,37,39)(H,38,40)(H,41,42). The number of amides is 2. The van der Waals surface area contributed by atoms with Crippen molar-refractivity contribution in [2.24, 2.45) is 17.8 Å². The largest absolute Gasteiger partial charge is 0.491 e. The Morgan fingerprint density at radius 2 is 1.09 bits per heavy atom. The average molecular weight is 639 g/mol. The van der Waals surface area contributed by atoms with Crippen LogP contribution in [0.2, 0.25) is 0 Å². The smallest absolute Gasteiger partial charge is 0.335 e. The Morgan fingerprint density at radius 1 is 0.630 bits per heavy atom. The summed E-state index contributed by atoms with van der Waals surface area (Å²) in [6.07, 6.45) is 0. The van der Waals surface area contributed by atoms with Gasteiger partial charge in [-0.05, 0) is 72.4 Å². The number of hydrogen-bond donors (Lipinski definition) is 3. The molecule has 46 heavy (non-hydrogen) atoms. The molecule has 0 aliphatic heterocycles. The van der Waals surface area contributed by atoms with E-state index in [0.717, 1.165) is 6.07 Å². The van der Waals surface area contributed by atoms with E-state index in [-0.39, 0.29) is 59.0 Å². The summed E-state index contributed by atoms with van der Waals surface area (Å²) in [5, 5.41) is 15.0. The van der Waals surface area contributed by atoms with E-state index in [1.165, 1.54) is 42.5 Å². The summed E-state index contributed by atoms with van der Waals surface area (Å²) < 4.78 is 37.1. The van der Waals surface area contributed by atoms with Crippen molar-refractivity contribution in [1.29, 1.82) is 0 Å². The first-order valence-corrected chi connectivity index (χ1v) is 15.2. The molecule has 0 saturated heterocycles.